The molecule has 110 valence electrons. The summed E-state index contributed by atoms with van der Waals surface area (Å²) in [7, 11) is 0. The molecule has 2 N–H and O–H groups in total. The van der Waals surface area contributed by atoms with Crippen LogP contribution in [-0.4, -0.2) is 34.9 Å². The molecule has 20 heavy (non-hydrogen) atoms. The number of hydrogen-bond acceptors (Lipinski definition) is 4. The number of hydrogen-bond donors (Lipinski definition) is 1. The van der Waals surface area contributed by atoms with Crippen molar-refractivity contribution in [1.29, 1.82) is 0 Å². The summed E-state index contributed by atoms with van der Waals surface area (Å²) in [5, 5.41) is 3.30. The Hall–Kier alpha value is -0.940. The number of aryl methyl sites for hydroxylation is 1. The SMILES string of the molecule is Cc1csc(C2CCCN(C(=O)C3CCC(N)C3)C2)n1. The lowest BCUT2D eigenvalue weighted by Crippen LogP contribution is -2.42. The number of amides is 1. The summed E-state index contributed by atoms with van der Waals surface area (Å²) >= 11 is 1.73. The Morgan fingerprint density at radius 1 is 1.45 bits per heavy atom. The molecule has 1 aromatic heterocycles. The summed E-state index contributed by atoms with van der Waals surface area (Å²) in [5.74, 6) is 0.930. The van der Waals surface area contributed by atoms with E-state index in [1.807, 2.05) is 6.92 Å². The van der Waals surface area contributed by atoms with Crippen LogP contribution in [0, 0.1) is 12.8 Å². The monoisotopic (exact) mass is 293 g/mol. The van der Waals surface area contributed by atoms with E-state index in [1.54, 1.807) is 11.3 Å². The van der Waals surface area contributed by atoms with Gasteiger partial charge in [0.25, 0.3) is 0 Å². The number of rotatable bonds is 2. The van der Waals surface area contributed by atoms with E-state index in [0.29, 0.717) is 11.8 Å². The van der Waals surface area contributed by atoms with E-state index in [4.69, 9.17) is 5.73 Å². The van der Waals surface area contributed by atoms with Crippen LogP contribution < -0.4 is 5.73 Å². The summed E-state index contributed by atoms with van der Waals surface area (Å²) in [4.78, 5) is 19.2. The molecular weight excluding hydrogens is 270 g/mol. The summed E-state index contributed by atoms with van der Waals surface area (Å²) in [6, 6.07) is 0.228. The third-order valence-electron chi connectivity index (χ3n) is 4.54. The van der Waals surface area contributed by atoms with Gasteiger partial charge in [-0.1, -0.05) is 0 Å². The zero-order chi connectivity index (χ0) is 14.1. The fraction of sp³-hybridized carbons (Fsp3) is 0.733. The average molecular weight is 293 g/mol. The minimum absolute atomic E-state index is 0.168. The van der Waals surface area contributed by atoms with Crippen molar-refractivity contribution >= 4 is 17.2 Å². The summed E-state index contributed by atoms with van der Waals surface area (Å²) < 4.78 is 0. The smallest absolute Gasteiger partial charge is 0.225 e. The lowest BCUT2D eigenvalue weighted by atomic mass is 9.96. The Bertz CT molecular complexity index is 487. The molecule has 2 fully saturated rings. The molecule has 4 nitrogen and oxygen atoms in total. The van der Waals surface area contributed by atoms with E-state index in [-0.39, 0.29) is 12.0 Å². The topological polar surface area (TPSA) is 59.2 Å². The summed E-state index contributed by atoms with van der Waals surface area (Å²) in [6.07, 6.45) is 5.09. The van der Waals surface area contributed by atoms with Gasteiger partial charge in [0.05, 0.1) is 5.01 Å². The van der Waals surface area contributed by atoms with E-state index < -0.39 is 0 Å². The maximum absolute atomic E-state index is 12.6. The maximum atomic E-state index is 12.6. The van der Waals surface area contributed by atoms with Crippen molar-refractivity contribution in [2.75, 3.05) is 13.1 Å². The molecule has 0 radical (unpaired) electrons. The van der Waals surface area contributed by atoms with Crippen molar-refractivity contribution in [3.05, 3.63) is 16.1 Å². The van der Waals surface area contributed by atoms with Crippen LogP contribution in [0.1, 0.15) is 48.7 Å². The predicted molar refractivity (Wildman–Crippen MR) is 80.7 cm³/mol. The van der Waals surface area contributed by atoms with Crippen molar-refractivity contribution in [3.63, 3.8) is 0 Å². The van der Waals surface area contributed by atoms with E-state index in [0.717, 1.165) is 50.9 Å². The van der Waals surface area contributed by atoms with Gasteiger partial charge in [-0.3, -0.25) is 4.79 Å². The third-order valence-corrected chi connectivity index (χ3v) is 5.67. The second kappa shape index (κ2) is 5.82. The van der Waals surface area contributed by atoms with E-state index >= 15 is 0 Å². The van der Waals surface area contributed by atoms with Gasteiger partial charge < -0.3 is 10.6 Å². The minimum atomic E-state index is 0.168. The maximum Gasteiger partial charge on any atom is 0.225 e. The first-order chi connectivity index (χ1) is 9.63. The fourth-order valence-electron chi connectivity index (χ4n) is 3.44. The Balaban J connectivity index is 1.64. The molecule has 1 amide bonds. The number of likely N-dealkylation sites (tertiary alicyclic amines) is 1. The zero-order valence-corrected chi connectivity index (χ0v) is 12.9. The molecule has 1 aromatic rings. The van der Waals surface area contributed by atoms with Crippen LogP contribution >= 0.6 is 11.3 Å². The molecule has 5 heteroatoms. The van der Waals surface area contributed by atoms with Crippen LogP contribution in [0.4, 0.5) is 0 Å². The molecule has 0 spiro atoms. The van der Waals surface area contributed by atoms with Gasteiger partial charge in [0, 0.05) is 42.0 Å². The third kappa shape index (κ3) is 2.88. The van der Waals surface area contributed by atoms with Crippen molar-refractivity contribution in [1.82, 2.24) is 9.88 Å². The molecule has 3 rings (SSSR count). The summed E-state index contributed by atoms with van der Waals surface area (Å²) in [5.41, 5.74) is 7.03. The second-order valence-electron chi connectivity index (χ2n) is 6.22. The molecule has 0 bridgehead atoms. The lowest BCUT2D eigenvalue weighted by Gasteiger charge is -2.33. The molecule has 1 saturated carbocycles. The van der Waals surface area contributed by atoms with Crippen molar-refractivity contribution in [2.45, 2.75) is 51.0 Å². The van der Waals surface area contributed by atoms with Crippen LogP contribution in [0.5, 0.6) is 0 Å². The largest absolute Gasteiger partial charge is 0.342 e. The second-order valence-corrected chi connectivity index (χ2v) is 7.11. The number of thiazole rings is 1. The molecule has 3 unspecified atom stereocenters. The molecule has 1 aliphatic carbocycles. The van der Waals surface area contributed by atoms with Crippen LogP contribution in [0.3, 0.4) is 0 Å². The molecule has 0 aromatic carbocycles. The number of aromatic nitrogens is 1. The first-order valence-electron chi connectivity index (χ1n) is 7.60. The Kier molecular flexibility index (Phi) is 4.08. The van der Waals surface area contributed by atoms with Gasteiger partial charge in [-0.15, -0.1) is 11.3 Å². The van der Waals surface area contributed by atoms with Crippen molar-refractivity contribution < 1.29 is 4.79 Å². The van der Waals surface area contributed by atoms with Crippen molar-refractivity contribution in [3.8, 4) is 0 Å². The normalized spacial score (nSPS) is 30.7. The van der Waals surface area contributed by atoms with Gasteiger partial charge in [-0.25, -0.2) is 4.98 Å². The van der Waals surface area contributed by atoms with Crippen molar-refractivity contribution in [2.24, 2.45) is 11.7 Å². The highest BCUT2D eigenvalue weighted by molar-refractivity contribution is 7.09. The fourth-order valence-corrected chi connectivity index (χ4v) is 4.36. The molecule has 3 atom stereocenters. The van der Waals surface area contributed by atoms with Crippen LogP contribution in [0.2, 0.25) is 0 Å². The lowest BCUT2D eigenvalue weighted by molar-refractivity contribution is -0.136. The number of nitrogens with two attached hydrogens (primary N) is 1. The Labute approximate surface area is 124 Å². The van der Waals surface area contributed by atoms with E-state index in [1.165, 1.54) is 5.01 Å². The highest BCUT2D eigenvalue weighted by atomic mass is 32.1. The van der Waals surface area contributed by atoms with Gasteiger partial charge in [0.1, 0.15) is 0 Å². The van der Waals surface area contributed by atoms with Gasteiger partial charge in [-0.2, -0.15) is 0 Å². The first kappa shape index (κ1) is 14.0. The Morgan fingerprint density at radius 3 is 2.95 bits per heavy atom. The predicted octanol–water partition coefficient (Wildman–Crippen LogP) is 2.28. The van der Waals surface area contributed by atoms with Crippen LogP contribution in [-0.2, 0) is 4.79 Å². The minimum Gasteiger partial charge on any atom is -0.342 e. The van der Waals surface area contributed by atoms with Crippen LogP contribution in [0.15, 0.2) is 5.38 Å². The number of carbonyl (C=O) groups excluding carboxylic acids is 1. The molecular formula is C15H23N3OS. The number of nitrogens with zero attached hydrogens (tertiary/aromatic N) is 2. The average Bonchev–Trinajstić information content (AvgIpc) is 3.07. The molecule has 2 aliphatic rings. The molecule has 1 saturated heterocycles. The molecule has 1 aliphatic heterocycles. The van der Waals surface area contributed by atoms with E-state index in [2.05, 4.69) is 15.3 Å². The van der Waals surface area contributed by atoms with Gasteiger partial charge in [-0.05, 0) is 39.0 Å². The summed E-state index contributed by atoms with van der Waals surface area (Å²) in [6.45, 7) is 3.79. The highest BCUT2D eigenvalue weighted by Gasteiger charge is 2.34. The number of carbonyl (C=O) groups is 1. The number of piperidine rings is 1. The molecule has 2 heterocycles. The zero-order valence-electron chi connectivity index (χ0n) is 12.0. The van der Waals surface area contributed by atoms with E-state index in [9.17, 15) is 4.79 Å². The van der Waals surface area contributed by atoms with Gasteiger partial charge in [0.2, 0.25) is 5.91 Å². The first-order valence-corrected chi connectivity index (χ1v) is 8.48. The van der Waals surface area contributed by atoms with Gasteiger partial charge >= 0.3 is 0 Å². The van der Waals surface area contributed by atoms with Crippen LogP contribution in [0.25, 0.3) is 0 Å². The van der Waals surface area contributed by atoms with Gasteiger partial charge in [0.15, 0.2) is 0 Å². The highest BCUT2D eigenvalue weighted by Crippen LogP contribution is 2.32. The Morgan fingerprint density at radius 2 is 2.30 bits per heavy atom. The quantitative estimate of drug-likeness (QED) is 0.910. The standard InChI is InChI=1S/C15H23N3OS/c1-10-9-20-14(17-10)12-3-2-6-18(8-12)15(19)11-4-5-13(16)7-11/h9,11-13H,2-8,16H2,1H3.